The minimum absolute atomic E-state index is 0.161. The lowest BCUT2D eigenvalue weighted by molar-refractivity contribution is 0.340. The average molecular weight is 313 g/mol. The Morgan fingerprint density at radius 2 is 1.74 bits per heavy atom. The molecule has 2 aromatic carbocycles. The number of fused-ring (bicyclic) bond motifs is 1. The Labute approximate surface area is 137 Å². The summed E-state index contributed by atoms with van der Waals surface area (Å²) < 4.78 is 16.4. The molecule has 0 aliphatic carbocycles. The van der Waals surface area contributed by atoms with E-state index in [0.717, 1.165) is 30.2 Å². The lowest BCUT2D eigenvalue weighted by Gasteiger charge is -2.28. The van der Waals surface area contributed by atoms with E-state index in [0.29, 0.717) is 6.61 Å². The second kappa shape index (κ2) is 6.92. The third-order valence-electron chi connectivity index (χ3n) is 4.22. The quantitative estimate of drug-likeness (QED) is 0.919. The number of hydrogen-bond acceptors (Lipinski definition) is 4. The number of nitrogens with one attached hydrogen (secondary N) is 1. The van der Waals surface area contributed by atoms with Gasteiger partial charge in [0, 0.05) is 6.54 Å². The molecule has 0 fully saturated rings. The number of methoxy groups -OCH3 is 2. The average Bonchev–Trinajstić information content (AvgIpc) is 2.61. The molecule has 1 aliphatic heterocycles. The number of hydrogen-bond donors (Lipinski definition) is 1. The molecule has 2 aromatic rings. The van der Waals surface area contributed by atoms with Crippen LogP contribution in [0.2, 0.25) is 0 Å². The van der Waals surface area contributed by atoms with Crippen molar-refractivity contribution < 1.29 is 14.2 Å². The molecule has 4 nitrogen and oxygen atoms in total. The van der Waals surface area contributed by atoms with Crippen LogP contribution >= 0.6 is 0 Å². The number of ether oxygens (including phenoxy) is 3. The maximum absolute atomic E-state index is 5.53. The molecule has 1 atom stereocenters. The highest BCUT2D eigenvalue weighted by atomic mass is 16.5. The van der Waals surface area contributed by atoms with Crippen LogP contribution in [0.4, 0.5) is 0 Å². The van der Waals surface area contributed by atoms with Crippen LogP contribution in [0.5, 0.6) is 17.2 Å². The van der Waals surface area contributed by atoms with E-state index >= 15 is 0 Å². The van der Waals surface area contributed by atoms with Crippen molar-refractivity contribution in [3.8, 4) is 17.2 Å². The molecule has 0 radical (unpaired) electrons. The van der Waals surface area contributed by atoms with Gasteiger partial charge >= 0.3 is 0 Å². The third kappa shape index (κ3) is 3.13. The van der Waals surface area contributed by atoms with Crippen molar-refractivity contribution in [3.05, 3.63) is 53.1 Å². The summed E-state index contributed by atoms with van der Waals surface area (Å²) in [6.07, 6.45) is 0.989. The molecule has 1 unspecified atom stereocenters. The van der Waals surface area contributed by atoms with E-state index in [1.54, 1.807) is 14.2 Å². The topological polar surface area (TPSA) is 39.7 Å². The molecule has 0 spiro atoms. The molecule has 0 bridgehead atoms. The highest BCUT2D eigenvalue weighted by Gasteiger charge is 2.23. The van der Waals surface area contributed by atoms with Gasteiger partial charge < -0.3 is 19.5 Å². The van der Waals surface area contributed by atoms with Crippen molar-refractivity contribution in [2.45, 2.75) is 19.4 Å². The molecular formula is C19H23NO3. The fourth-order valence-corrected chi connectivity index (χ4v) is 3.10. The van der Waals surface area contributed by atoms with E-state index in [1.165, 1.54) is 16.7 Å². The highest BCUT2D eigenvalue weighted by molar-refractivity contribution is 5.51. The second-order valence-corrected chi connectivity index (χ2v) is 5.55. The highest BCUT2D eigenvalue weighted by Crippen LogP contribution is 2.37. The summed E-state index contributed by atoms with van der Waals surface area (Å²) in [5, 5.41) is 3.59. The van der Waals surface area contributed by atoms with E-state index < -0.39 is 0 Å². The largest absolute Gasteiger partial charge is 0.494 e. The summed E-state index contributed by atoms with van der Waals surface area (Å²) in [5.74, 6) is 2.46. The maximum atomic E-state index is 5.53. The standard InChI is InChI=1S/C19H23NO3/c1-4-23-15-7-5-13(6-8-15)19-16-12-18(22-3)17(21-2)11-14(16)9-10-20-19/h5-8,11-12,19-20H,4,9-10H2,1-3H3. The first-order valence-electron chi connectivity index (χ1n) is 7.97. The Hall–Kier alpha value is -2.20. The van der Waals surface area contributed by atoms with Crippen molar-refractivity contribution in [1.82, 2.24) is 5.32 Å². The summed E-state index contributed by atoms with van der Waals surface area (Å²) in [6.45, 7) is 3.62. The van der Waals surface area contributed by atoms with Crippen LogP contribution in [0.15, 0.2) is 36.4 Å². The molecule has 4 heteroatoms. The van der Waals surface area contributed by atoms with E-state index in [2.05, 4.69) is 29.6 Å². The lowest BCUT2D eigenvalue weighted by Crippen LogP contribution is -2.30. The SMILES string of the molecule is CCOc1ccc(C2NCCc3cc(OC)c(OC)cc32)cc1. The van der Waals surface area contributed by atoms with Crippen LogP contribution < -0.4 is 19.5 Å². The molecule has 1 aliphatic rings. The van der Waals surface area contributed by atoms with Gasteiger partial charge in [-0.3, -0.25) is 0 Å². The van der Waals surface area contributed by atoms with Gasteiger partial charge in [-0.1, -0.05) is 12.1 Å². The minimum Gasteiger partial charge on any atom is -0.494 e. The molecule has 3 rings (SSSR count). The Morgan fingerprint density at radius 1 is 1.04 bits per heavy atom. The molecule has 122 valence electrons. The van der Waals surface area contributed by atoms with Crippen LogP contribution in [0.25, 0.3) is 0 Å². The van der Waals surface area contributed by atoms with Gasteiger partial charge in [-0.2, -0.15) is 0 Å². The van der Waals surface area contributed by atoms with Gasteiger partial charge in [0.05, 0.1) is 26.9 Å². The Bertz CT molecular complexity index is 667. The zero-order valence-electron chi connectivity index (χ0n) is 13.9. The van der Waals surface area contributed by atoms with Gasteiger partial charge in [0.2, 0.25) is 0 Å². The fraction of sp³-hybridized carbons (Fsp3) is 0.368. The van der Waals surface area contributed by atoms with Gasteiger partial charge in [-0.05, 0) is 54.3 Å². The molecule has 1 N–H and O–H groups in total. The maximum Gasteiger partial charge on any atom is 0.161 e. The van der Waals surface area contributed by atoms with Crippen LogP contribution in [0.3, 0.4) is 0 Å². The van der Waals surface area contributed by atoms with Crippen LogP contribution in [0, 0.1) is 0 Å². The first kappa shape index (κ1) is 15.7. The van der Waals surface area contributed by atoms with Crippen molar-refractivity contribution in [3.63, 3.8) is 0 Å². The fourth-order valence-electron chi connectivity index (χ4n) is 3.10. The lowest BCUT2D eigenvalue weighted by atomic mass is 9.89. The van der Waals surface area contributed by atoms with Crippen LogP contribution in [-0.2, 0) is 6.42 Å². The predicted molar refractivity (Wildman–Crippen MR) is 90.7 cm³/mol. The van der Waals surface area contributed by atoms with Crippen molar-refractivity contribution in [2.24, 2.45) is 0 Å². The van der Waals surface area contributed by atoms with Gasteiger partial charge in [0.1, 0.15) is 5.75 Å². The van der Waals surface area contributed by atoms with Gasteiger partial charge in [0.15, 0.2) is 11.5 Å². The minimum atomic E-state index is 0.161. The first-order valence-corrected chi connectivity index (χ1v) is 7.97. The molecule has 1 heterocycles. The van der Waals surface area contributed by atoms with Gasteiger partial charge in [0.25, 0.3) is 0 Å². The zero-order valence-corrected chi connectivity index (χ0v) is 13.9. The van der Waals surface area contributed by atoms with E-state index in [-0.39, 0.29) is 6.04 Å². The molecule has 0 saturated heterocycles. The first-order chi connectivity index (χ1) is 11.3. The smallest absolute Gasteiger partial charge is 0.161 e. The second-order valence-electron chi connectivity index (χ2n) is 5.55. The predicted octanol–water partition coefficient (Wildman–Crippen LogP) is 3.34. The van der Waals surface area contributed by atoms with Crippen LogP contribution in [0.1, 0.15) is 29.7 Å². The summed E-state index contributed by atoms with van der Waals surface area (Å²) in [4.78, 5) is 0. The summed E-state index contributed by atoms with van der Waals surface area (Å²) >= 11 is 0. The van der Waals surface area contributed by atoms with Gasteiger partial charge in [-0.25, -0.2) is 0 Å². The molecular weight excluding hydrogens is 290 g/mol. The van der Waals surface area contributed by atoms with Crippen LogP contribution in [-0.4, -0.2) is 27.4 Å². The summed E-state index contributed by atoms with van der Waals surface area (Å²) in [5.41, 5.74) is 3.78. The molecule has 0 amide bonds. The number of benzene rings is 2. The van der Waals surface area contributed by atoms with Crippen molar-refractivity contribution >= 4 is 0 Å². The summed E-state index contributed by atoms with van der Waals surface area (Å²) in [6, 6.07) is 12.6. The van der Waals surface area contributed by atoms with E-state index in [1.807, 2.05) is 19.1 Å². The Morgan fingerprint density at radius 3 is 2.39 bits per heavy atom. The van der Waals surface area contributed by atoms with Crippen molar-refractivity contribution in [1.29, 1.82) is 0 Å². The number of rotatable bonds is 5. The van der Waals surface area contributed by atoms with Crippen molar-refractivity contribution in [2.75, 3.05) is 27.4 Å². The van der Waals surface area contributed by atoms with E-state index in [4.69, 9.17) is 14.2 Å². The molecule has 0 saturated carbocycles. The van der Waals surface area contributed by atoms with Gasteiger partial charge in [-0.15, -0.1) is 0 Å². The monoisotopic (exact) mass is 313 g/mol. The molecule has 0 aromatic heterocycles. The summed E-state index contributed by atoms with van der Waals surface area (Å²) in [7, 11) is 3.35. The Kier molecular flexibility index (Phi) is 4.72. The Balaban J connectivity index is 1.97. The normalized spacial score (nSPS) is 16.6. The third-order valence-corrected chi connectivity index (χ3v) is 4.22. The van der Waals surface area contributed by atoms with E-state index in [9.17, 15) is 0 Å². The molecule has 23 heavy (non-hydrogen) atoms. The zero-order chi connectivity index (χ0) is 16.2.